The van der Waals surface area contributed by atoms with Crippen LogP contribution in [0.3, 0.4) is 0 Å². The maximum atomic E-state index is 12.8. The van der Waals surface area contributed by atoms with Crippen molar-refractivity contribution in [1.82, 2.24) is 4.72 Å². The minimum absolute atomic E-state index is 0.0911. The van der Waals surface area contributed by atoms with Gasteiger partial charge in [-0.25, -0.2) is 17.5 Å². The molecule has 0 atom stereocenters. The molecule has 7 heteroatoms. The smallest absolute Gasteiger partial charge is 0.212 e. The Morgan fingerprint density at radius 1 is 1.05 bits per heavy atom. The summed E-state index contributed by atoms with van der Waals surface area (Å²) in [5, 5.41) is 0.745. The van der Waals surface area contributed by atoms with Crippen molar-refractivity contribution < 1.29 is 12.8 Å². The molecule has 0 saturated heterocycles. The number of benzene rings is 2. The maximum absolute atomic E-state index is 12.8. The Labute approximate surface area is 132 Å². The molecule has 0 aliphatic carbocycles. The quantitative estimate of drug-likeness (QED) is 0.895. The first-order valence-corrected chi connectivity index (χ1v) is 8.42. The maximum Gasteiger partial charge on any atom is 0.216 e. The molecule has 0 unspecified atom stereocenters. The van der Waals surface area contributed by atoms with Gasteiger partial charge in [0.15, 0.2) is 0 Å². The van der Waals surface area contributed by atoms with Gasteiger partial charge in [-0.2, -0.15) is 0 Å². The second-order valence-corrected chi connectivity index (χ2v) is 7.09. The topological polar surface area (TPSA) is 46.2 Å². The van der Waals surface area contributed by atoms with Crippen LogP contribution >= 0.6 is 23.2 Å². The highest BCUT2D eigenvalue weighted by Crippen LogP contribution is 2.22. The summed E-state index contributed by atoms with van der Waals surface area (Å²) < 4.78 is 39.2. The molecular weight excluding hydrogens is 336 g/mol. The molecule has 0 aromatic heterocycles. The second-order valence-electron chi connectivity index (χ2n) is 4.44. The summed E-state index contributed by atoms with van der Waals surface area (Å²) in [6, 6.07) is 10.2. The Hall–Kier alpha value is -1.14. The second kappa shape index (κ2) is 6.75. The third-order valence-electron chi connectivity index (χ3n) is 2.77. The van der Waals surface area contributed by atoms with E-state index in [9.17, 15) is 12.8 Å². The van der Waals surface area contributed by atoms with Crippen LogP contribution in [-0.2, 0) is 22.3 Å². The molecule has 0 aliphatic rings. The monoisotopic (exact) mass is 347 g/mol. The van der Waals surface area contributed by atoms with Gasteiger partial charge in [0.2, 0.25) is 10.0 Å². The SMILES string of the molecule is O=S(=O)(Cc1ccc(Cl)cc1Cl)NCc1ccc(F)cc1. The van der Waals surface area contributed by atoms with E-state index in [1.807, 2.05) is 0 Å². The lowest BCUT2D eigenvalue weighted by Gasteiger charge is -2.08. The van der Waals surface area contributed by atoms with Crippen molar-refractivity contribution in [2.45, 2.75) is 12.3 Å². The molecule has 2 rings (SSSR count). The average Bonchev–Trinajstić information content (AvgIpc) is 2.41. The summed E-state index contributed by atoms with van der Waals surface area (Å²) >= 11 is 11.7. The van der Waals surface area contributed by atoms with E-state index in [2.05, 4.69) is 4.72 Å². The number of halogens is 3. The average molecular weight is 348 g/mol. The largest absolute Gasteiger partial charge is 0.216 e. The van der Waals surface area contributed by atoms with Crippen LogP contribution in [0.25, 0.3) is 0 Å². The molecule has 0 bridgehead atoms. The molecule has 0 radical (unpaired) electrons. The van der Waals surface area contributed by atoms with Crippen LogP contribution in [0.2, 0.25) is 10.0 Å². The minimum Gasteiger partial charge on any atom is -0.212 e. The number of hydrogen-bond donors (Lipinski definition) is 1. The van der Waals surface area contributed by atoms with E-state index in [0.29, 0.717) is 21.2 Å². The summed E-state index contributed by atoms with van der Waals surface area (Å²) in [6.45, 7) is 0.0911. The molecule has 1 N–H and O–H groups in total. The van der Waals surface area contributed by atoms with Crippen LogP contribution in [-0.4, -0.2) is 8.42 Å². The van der Waals surface area contributed by atoms with Crippen molar-refractivity contribution in [3.8, 4) is 0 Å². The molecule has 2 aromatic rings. The zero-order valence-electron chi connectivity index (χ0n) is 10.8. The van der Waals surface area contributed by atoms with Gasteiger partial charge in [0.25, 0.3) is 0 Å². The van der Waals surface area contributed by atoms with Crippen molar-refractivity contribution in [3.63, 3.8) is 0 Å². The minimum atomic E-state index is -3.55. The summed E-state index contributed by atoms with van der Waals surface area (Å²) in [5.74, 6) is -0.612. The van der Waals surface area contributed by atoms with E-state index in [-0.39, 0.29) is 18.1 Å². The van der Waals surface area contributed by atoms with Crippen molar-refractivity contribution in [1.29, 1.82) is 0 Å². The van der Waals surface area contributed by atoms with Crippen LogP contribution in [0.1, 0.15) is 11.1 Å². The first-order valence-electron chi connectivity index (χ1n) is 6.01. The molecule has 112 valence electrons. The molecular formula is C14H12Cl2FNO2S. The zero-order chi connectivity index (χ0) is 15.5. The number of nitrogens with one attached hydrogen (secondary N) is 1. The molecule has 0 spiro atoms. The molecule has 3 nitrogen and oxygen atoms in total. The standard InChI is InChI=1S/C14H12Cl2FNO2S/c15-12-4-3-11(14(16)7-12)9-21(19,20)18-8-10-1-5-13(17)6-2-10/h1-7,18H,8-9H2. The van der Waals surface area contributed by atoms with Crippen LogP contribution in [0.4, 0.5) is 4.39 Å². The van der Waals surface area contributed by atoms with E-state index in [4.69, 9.17) is 23.2 Å². The molecule has 21 heavy (non-hydrogen) atoms. The van der Waals surface area contributed by atoms with E-state index < -0.39 is 10.0 Å². The Kier molecular flexibility index (Phi) is 5.22. The number of sulfonamides is 1. The van der Waals surface area contributed by atoms with Crippen molar-refractivity contribution >= 4 is 33.2 Å². The summed E-state index contributed by atoms with van der Waals surface area (Å²) in [4.78, 5) is 0. The van der Waals surface area contributed by atoms with Gasteiger partial charge < -0.3 is 0 Å². The molecule has 0 heterocycles. The van der Waals surface area contributed by atoms with Gasteiger partial charge in [-0.15, -0.1) is 0 Å². The highest BCUT2D eigenvalue weighted by atomic mass is 35.5. The fourth-order valence-corrected chi connectivity index (χ4v) is 3.39. The van der Waals surface area contributed by atoms with Crippen LogP contribution in [0.5, 0.6) is 0 Å². The predicted molar refractivity (Wildman–Crippen MR) is 82.3 cm³/mol. The lowest BCUT2D eigenvalue weighted by Crippen LogP contribution is -2.24. The van der Waals surface area contributed by atoms with Gasteiger partial charge >= 0.3 is 0 Å². The van der Waals surface area contributed by atoms with Crippen molar-refractivity contribution in [2.75, 3.05) is 0 Å². The van der Waals surface area contributed by atoms with Gasteiger partial charge in [-0.05, 0) is 35.4 Å². The van der Waals surface area contributed by atoms with Gasteiger partial charge in [0.05, 0.1) is 5.75 Å². The Morgan fingerprint density at radius 2 is 1.71 bits per heavy atom. The van der Waals surface area contributed by atoms with Crippen LogP contribution in [0, 0.1) is 5.82 Å². The lowest BCUT2D eigenvalue weighted by molar-refractivity contribution is 0.580. The molecule has 0 aliphatic heterocycles. The summed E-state index contributed by atoms with van der Waals surface area (Å²) in [5.41, 5.74) is 1.13. The zero-order valence-corrected chi connectivity index (χ0v) is 13.1. The lowest BCUT2D eigenvalue weighted by atomic mass is 10.2. The first kappa shape index (κ1) is 16.2. The molecule has 0 amide bonds. The highest BCUT2D eigenvalue weighted by molar-refractivity contribution is 7.88. The fraction of sp³-hybridized carbons (Fsp3) is 0.143. The van der Waals surface area contributed by atoms with Gasteiger partial charge in [0, 0.05) is 16.6 Å². The van der Waals surface area contributed by atoms with E-state index >= 15 is 0 Å². The Morgan fingerprint density at radius 3 is 2.33 bits per heavy atom. The van der Waals surface area contributed by atoms with Crippen molar-refractivity contribution in [2.24, 2.45) is 0 Å². The summed E-state index contributed by atoms with van der Waals surface area (Å²) in [6.07, 6.45) is 0. The van der Waals surface area contributed by atoms with Crippen LogP contribution < -0.4 is 4.72 Å². The normalized spacial score (nSPS) is 11.6. The fourth-order valence-electron chi connectivity index (χ4n) is 1.69. The molecule has 0 fully saturated rings. The first-order chi connectivity index (χ1) is 9.85. The predicted octanol–water partition coefficient (Wildman–Crippen LogP) is 3.75. The van der Waals surface area contributed by atoms with Gasteiger partial charge in [-0.1, -0.05) is 41.4 Å². The molecule has 2 aromatic carbocycles. The van der Waals surface area contributed by atoms with Crippen LogP contribution in [0.15, 0.2) is 42.5 Å². The molecule has 0 saturated carbocycles. The number of rotatable bonds is 5. The Bertz CT molecular complexity index is 733. The number of hydrogen-bond acceptors (Lipinski definition) is 2. The van der Waals surface area contributed by atoms with Gasteiger partial charge in [0.1, 0.15) is 5.82 Å². The van der Waals surface area contributed by atoms with E-state index in [0.717, 1.165) is 0 Å². The van der Waals surface area contributed by atoms with Crippen molar-refractivity contribution in [3.05, 3.63) is 69.5 Å². The highest BCUT2D eigenvalue weighted by Gasteiger charge is 2.14. The van der Waals surface area contributed by atoms with E-state index in [1.165, 1.54) is 30.3 Å². The summed E-state index contributed by atoms with van der Waals surface area (Å²) in [7, 11) is -3.55. The van der Waals surface area contributed by atoms with E-state index in [1.54, 1.807) is 12.1 Å². The van der Waals surface area contributed by atoms with Gasteiger partial charge in [-0.3, -0.25) is 0 Å². The Balaban J connectivity index is 2.03. The third-order valence-corrected chi connectivity index (χ3v) is 4.63. The third kappa shape index (κ3) is 4.97.